The van der Waals surface area contributed by atoms with Crippen LogP contribution in [0, 0.1) is 17.5 Å². The first-order chi connectivity index (χ1) is 19.8. The standard InChI is InChI=1S/C29H27ClF3N5O3/c30-21-15-17(31)9-10-19(21)26-20-11-12-24(39)38(27-22(32)7-3-8-23(27)33)28(20)37-29(36-26)35-14-4-13-34-16-25(40)41-18-5-1-2-6-18/h3,7-12,15,18,34H,1-2,4-6,13-14,16H2,(H,35,36,37). The molecule has 5 rings (SSSR count). The van der Waals surface area contributed by atoms with E-state index < -0.39 is 28.7 Å². The van der Waals surface area contributed by atoms with E-state index in [-0.39, 0.29) is 46.3 Å². The number of rotatable bonds is 10. The van der Waals surface area contributed by atoms with Crippen LogP contribution in [0.15, 0.2) is 53.3 Å². The van der Waals surface area contributed by atoms with Gasteiger partial charge in [0.15, 0.2) is 5.65 Å². The van der Waals surface area contributed by atoms with Gasteiger partial charge in [0.2, 0.25) is 5.95 Å². The van der Waals surface area contributed by atoms with E-state index in [9.17, 15) is 22.8 Å². The maximum Gasteiger partial charge on any atom is 0.320 e. The summed E-state index contributed by atoms with van der Waals surface area (Å²) in [6.45, 7) is 0.941. The SMILES string of the molecule is O=C(CNCCCNc1nc(-c2ccc(F)cc2Cl)c2ccc(=O)n(-c3c(F)cccc3F)c2n1)OC1CCCC1. The van der Waals surface area contributed by atoms with Crippen LogP contribution in [0.25, 0.3) is 28.0 Å². The quantitative estimate of drug-likeness (QED) is 0.190. The molecule has 1 saturated carbocycles. The van der Waals surface area contributed by atoms with E-state index in [1.165, 1.54) is 24.3 Å². The molecule has 1 fully saturated rings. The second-order valence-corrected chi connectivity index (χ2v) is 10.1. The molecule has 12 heteroatoms. The summed E-state index contributed by atoms with van der Waals surface area (Å²) >= 11 is 6.34. The molecule has 2 N–H and O–H groups in total. The smallest absolute Gasteiger partial charge is 0.320 e. The highest BCUT2D eigenvalue weighted by Gasteiger charge is 2.21. The topological polar surface area (TPSA) is 98.1 Å². The van der Waals surface area contributed by atoms with Crippen LogP contribution in [0.1, 0.15) is 32.1 Å². The molecule has 2 aromatic heterocycles. The van der Waals surface area contributed by atoms with Gasteiger partial charge in [0, 0.05) is 23.6 Å². The number of hydrogen-bond acceptors (Lipinski definition) is 7. The number of anilines is 1. The average Bonchev–Trinajstić information content (AvgIpc) is 3.44. The van der Waals surface area contributed by atoms with Crippen LogP contribution >= 0.6 is 11.6 Å². The Morgan fingerprint density at radius 1 is 1.02 bits per heavy atom. The lowest BCUT2D eigenvalue weighted by atomic mass is 10.1. The molecule has 0 amide bonds. The Balaban J connectivity index is 1.42. The third-order valence-electron chi connectivity index (χ3n) is 6.78. The van der Waals surface area contributed by atoms with Crippen LogP contribution in [0.4, 0.5) is 19.1 Å². The summed E-state index contributed by atoms with van der Waals surface area (Å²) in [6, 6.07) is 9.60. The molecule has 0 radical (unpaired) electrons. The minimum absolute atomic E-state index is 0.00931. The maximum absolute atomic E-state index is 14.8. The number of pyridine rings is 1. The fourth-order valence-electron chi connectivity index (χ4n) is 4.84. The van der Waals surface area contributed by atoms with Gasteiger partial charge in [-0.2, -0.15) is 4.98 Å². The highest BCUT2D eigenvalue weighted by Crippen LogP contribution is 2.33. The summed E-state index contributed by atoms with van der Waals surface area (Å²) in [7, 11) is 0. The minimum Gasteiger partial charge on any atom is -0.461 e. The summed E-state index contributed by atoms with van der Waals surface area (Å²) < 4.78 is 49.7. The van der Waals surface area contributed by atoms with Crippen molar-refractivity contribution in [3.63, 3.8) is 0 Å². The van der Waals surface area contributed by atoms with Crippen molar-refractivity contribution < 1.29 is 22.7 Å². The Labute approximate surface area is 238 Å². The van der Waals surface area contributed by atoms with Crippen LogP contribution in [0.5, 0.6) is 0 Å². The van der Waals surface area contributed by atoms with Gasteiger partial charge in [0.25, 0.3) is 5.56 Å². The molecule has 0 unspecified atom stereocenters. The molecule has 4 aromatic rings. The number of carbonyl (C=O) groups excluding carboxylic acids is 1. The maximum atomic E-state index is 14.8. The van der Waals surface area contributed by atoms with Gasteiger partial charge in [-0.25, -0.2) is 18.2 Å². The minimum atomic E-state index is -0.952. The van der Waals surface area contributed by atoms with Gasteiger partial charge >= 0.3 is 5.97 Å². The van der Waals surface area contributed by atoms with Gasteiger partial charge in [-0.1, -0.05) is 17.7 Å². The van der Waals surface area contributed by atoms with Crippen LogP contribution in [-0.2, 0) is 9.53 Å². The van der Waals surface area contributed by atoms with E-state index in [1.807, 2.05) is 0 Å². The van der Waals surface area contributed by atoms with Crippen molar-refractivity contribution in [2.75, 3.05) is 25.0 Å². The van der Waals surface area contributed by atoms with E-state index in [1.54, 1.807) is 0 Å². The van der Waals surface area contributed by atoms with E-state index >= 15 is 0 Å². The Morgan fingerprint density at radius 3 is 2.51 bits per heavy atom. The number of ether oxygens (including phenoxy) is 1. The molecule has 8 nitrogen and oxygen atoms in total. The second-order valence-electron chi connectivity index (χ2n) is 9.69. The number of aromatic nitrogens is 3. The summed E-state index contributed by atoms with van der Waals surface area (Å²) in [5, 5.41) is 6.42. The summed E-state index contributed by atoms with van der Waals surface area (Å²) in [4.78, 5) is 33.9. The van der Waals surface area contributed by atoms with Crippen LogP contribution in [-0.4, -0.2) is 46.2 Å². The Kier molecular flexibility index (Phi) is 8.84. The predicted molar refractivity (Wildman–Crippen MR) is 150 cm³/mol. The average molecular weight is 586 g/mol. The number of nitrogens with zero attached hydrogens (tertiary/aromatic N) is 3. The molecule has 0 bridgehead atoms. The number of nitrogens with one attached hydrogen (secondary N) is 2. The molecule has 2 aromatic carbocycles. The number of hydrogen-bond donors (Lipinski definition) is 2. The lowest BCUT2D eigenvalue weighted by Crippen LogP contribution is -2.29. The molecular formula is C29H27ClF3N5O3. The number of esters is 1. The number of para-hydroxylation sites is 1. The molecule has 1 aliphatic rings. The van der Waals surface area contributed by atoms with Gasteiger partial charge in [-0.3, -0.25) is 14.2 Å². The molecule has 41 heavy (non-hydrogen) atoms. The van der Waals surface area contributed by atoms with Crippen molar-refractivity contribution in [1.29, 1.82) is 0 Å². The molecule has 1 aliphatic carbocycles. The predicted octanol–water partition coefficient (Wildman–Crippen LogP) is 5.40. The lowest BCUT2D eigenvalue weighted by molar-refractivity contribution is -0.147. The number of halogens is 4. The summed E-state index contributed by atoms with van der Waals surface area (Å²) in [5.74, 6) is -2.69. The summed E-state index contributed by atoms with van der Waals surface area (Å²) in [5.41, 5.74) is -0.790. The first-order valence-corrected chi connectivity index (χ1v) is 13.7. The monoisotopic (exact) mass is 585 g/mol. The van der Waals surface area contributed by atoms with Crippen molar-refractivity contribution in [3.8, 4) is 16.9 Å². The van der Waals surface area contributed by atoms with E-state index in [0.717, 1.165) is 54.5 Å². The Hall–Kier alpha value is -3.96. The molecule has 2 heterocycles. The Bertz CT molecular complexity index is 1620. The molecule has 0 saturated heterocycles. The zero-order valence-electron chi connectivity index (χ0n) is 21.9. The van der Waals surface area contributed by atoms with Gasteiger partial charge in [0.05, 0.1) is 17.3 Å². The lowest BCUT2D eigenvalue weighted by Gasteiger charge is -2.16. The largest absolute Gasteiger partial charge is 0.461 e. The van der Waals surface area contributed by atoms with Gasteiger partial charge in [-0.15, -0.1) is 0 Å². The summed E-state index contributed by atoms with van der Waals surface area (Å²) in [6.07, 6.45) is 4.54. The number of carbonyl (C=O) groups is 1. The first kappa shape index (κ1) is 28.6. The third-order valence-corrected chi connectivity index (χ3v) is 7.09. The van der Waals surface area contributed by atoms with Crippen LogP contribution in [0.3, 0.4) is 0 Å². The van der Waals surface area contributed by atoms with Crippen LogP contribution in [0.2, 0.25) is 5.02 Å². The van der Waals surface area contributed by atoms with Gasteiger partial charge in [0.1, 0.15) is 29.2 Å². The Morgan fingerprint density at radius 2 is 1.78 bits per heavy atom. The van der Waals surface area contributed by atoms with E-state index in [2.05, 4.69) is 20.6 Å². The highest BCUT2D eigenvalue weighted by atomic mass is 35.5. The molecule has 0 atom stereocenters. The molecule has 0 spiro atoms. The first-order valence-electron chi connectivity index (χ1n) is 13.3. The molecular weight excluding hydrogens is 559 g/mol. The van der Waals surface area contributed by atoms with Crippen molar-refractivity contribution >= 4 is 34.6 Å². The molecule has 0 aliphatic heterocycles. The zero-order valence-corrected chi connectivity index (χ0v) is 22.7. The van der Waals surface area contributed by atoms with Crippen LogP contribution < -0.4 is 16.2 Å². The van der Waals surface area contributed by atoms with E-state index in [0.29, 0.717) is 25.1 Å². The fraction of sp³-hybridized carbons (Fsp3) is 0.310. The zero-order chi connectivity index (χ0) is 28.9. The molecule has 214 valence electrons. The van der Waals surface area contributed by atoms with Crippen molar-refractivity contribution in [3.05, 3.63) is 81.4 Å². The van der Waals surface area contributed by atoms with Crippen molar-refractivity contribution in [2.24, 2.45) is 0 Å². The van der Waals surface area contributed by atoms with Crippen molar-refractivity contribution in [2.45, 2.75) is 38.2 Å². The second kappa shape index (κ2) is 12.7. The number of benzene rings is 2. The van der Waals surface area contributed by atoms with Gasteiger partial charge < -0.3 is 15.4 Å². The normalized spacial score (nSPS) is 13.6. The fourth-order valence-corrected chi connectivity index (χ4v) is 5.09. The highest BCUT2D eigenvalue weighted by molar-refractivity contribution is 6.33. The third kappa shape index (κ3) is 6.52. The van der Waals surface area contributed by atoms with Gasteiger partial charge in [-0.05, 0) is 75.0 Å². The van der Waals surface area contributed by atoms with Crippen molar-refractivity contribution in [1.82, 2.24) is 19.9 Å². The number of fused-ring (bicyclic) bond motifs is 1. The van der Waals surface area contributed by atoms with E-state index in [4.69, 9.17) is 16.3 Å².